The Hall–Kier alpha value is -1.16. The van der Waals surface area contributed by atoms with E-state index in [-0.39, 0.29) is 5.95 Å². The normalized spacial score (nSPS) is 12.4. The minimum absolute atomic E-state index is 0.251. The first-order chi connectivity index (χ1) is 7.55. The third kappa shape index (κ3) is 5.64. The summed E-state index contributed by atoms with van der Waals surface area (Å²) in [5.74, 6) is 1.39. The predicted octanol–water partition coefficient (Wildman–Crippen LogP) is 1.95. The highest BCUT2D eigenvalue weighted by Gasteiger charge is 2.18. The molecule has 0 amide bonds. The Labute approximate surface area is 105 Å². The second-order valence-corrected chi connectivity index (χ2v) is 15.6. The fraction of sp³-hybridized carbons (Fsp3) is 0.667. The molecule has 0 aliphatic rings. The number of nitrogens with two attached hydrogens (primary N) is 1. The number of aromatic nitrogens is 3. The van der Waals surface area contributed by atoms with E-state index in [9.17, 15) is 0 Å². The summed E-state index contributed by atoms with van der Waals surface area (Å²) in [6.45, 7) is 13.1. The third-order valence-electron chi connectivity index (χ3n) is 1.63. The summed E-state index contributed by atoms with van der Waals surface area (Å²) < 4.78 is 0. The van der Waals surface area contributed by atoms with E-state index in [1.807, 2.05) is 0 Å². The number of rotatable bonds is 4. The van der Waals surface area contributed by atoms with Crippen molar-refractivity contribution in [1.29, 1.82) is 0 Å². The maximum absolute atomic E-state index is 5.69. The Balaban J connectivity index is 2.95. The summed E-state index contributed by atoms with van der Waals surface area (Å²) in [5, 5.41) is 0. The standard InChI is InChI=1S/C9H22N6Si2/c1-16(2,3)14-8-11-7(10)12-9(13-8)15-17(4,5)6/h1-6H3,(H4,10,11,12,13,14,15). The Morgan fingerprint density at radius 3 is 1.41 bits per heavy atom. The second kappa shape index (κ2) is 4.61. The van der Waals surface area contributed by atoms with Crippen molar-refractivity contribution in [2.24, 2.45) is 0 Å². The lowest BCUT2D eigenvalue weighted by Gasteiger charge is -2.21. The first kappa shape index (κ1) is 13.9. The van der Waals surface area contributed by atoms with Gasteiger partial charge in [0.1, 0.15) is 16.5 Å². The summed E-state index contributed by atoms with van der Waals surface area (Å²) in [4.78, 5) is 19.2. The molecule has 0 aliphatic carbocycles. The van der Waals surface area contributed by atoms with Crippen molar-refractivity contribution < 1.29 is 0 Å². The van der Waals surface area contributed by atoms with E-state index in [0.29, 0.717) is 11.9 Å². The molecule has 1 rings (SSSR count). The molecule has 1 heterocycles. The summed E-state index contributed by atoms with van der Waals surface area (Å²) in [6.07, 6.45) is 0. The highest BCUT2D eigenvalue weighted by molar-refractivity contribution is 6.79. The number of nitrogens with one attached hydrogen (secondary N) is 2. The van der Waals surface area contributed by atoms with Crippen LogP contribution in [0.25, 0.3) is 0 Å². The van der Waals surface area contributed by atoms with Crippen LogP contribution in [-0.4, -0.2) is 31.4 Å². The van der Waals surface area contributed by atoms with Gasteiger partial charge in [0.2, 0.25) is 17.8 Å². The molecule has 0 spiro atoms. The van der Waals surface area contributed by atoms with Gasteiger partial charge in [0.25, 0.3) is 0 Å². The van der Waals surface area contributed by atoms with Gasteiger partial charge in [-0.3, -0.25) is 0 Å². The predicted molar refractivity (Wildman–Crippen MR) is 78.2 cm³/mol. The zero-order valence-electron chi connectivity index (χ0n) is 11.4. The third-order valence-corrected chi connectivity index (χ3v) is 3.57. The lowest BCUT2D eigenvalue weighted by molar-refractivity contribution is 1.08. The topological polar surface area (TPSA) is 88.8 Å². The molecule has 1 aromatic heterocycles. The fourth-order valence-electron chi connectivity index (χ4n) is 1.17. The SMILES string of the molecule is C[Si](C)(C)Nc1nc(N)nc(N[Si](C)(C)C)n1. The van der Waals surface area contributed by atoms with Crippen molar-refractivity contribution in [2.75, 3.05) is 15.7 Å². The molecule has 0 fully saturated rings. The van der Waals surface area contributed by atoms with Gasteiger partial charge in [-0.25, -0.2) is 0 Å². The van der Waals surface area contributed by atoms with Gasteiger partial charge < -0.3 is 15.7 Å². The molecule has 0 aliphatic heterocycles. The van der Waals surface area contributed by atoms with Gasteiger partial charge in [0.05, 0.1) is 0 Å². The molecule has 6 nitrogen and oxygen atoms in total. The number of nitrogens with zero attached hydrogens (tertiary/aromatic N) is 3. The molecule has 8 heteroatoms. The van der Waals surface area contributed by atoms with Gasteiger partial charge in [-0.05, 0) is 0 Å². The molecule has 0 bridgehead atoms. The van der Waals surface area contributed by atoms with Crippen molar-refractivity contribution in [3.8, 4) is 0 Å². The van der Waals surface area contributed by atoms with Crippen LogP contribution in [0.15, 0.2) is 0 Å². The van der Waals surface area contributed by atoms with Crippen LogP contribution in [0.3, 0.4) is 0 Å². The largest absolute Gasteiger partial charge is 0.380 e. The van der Waals surface area contributed by atoms with Crippen molar-refractivity contribution in [1.82, 2.24) is 15.0 Å². The van der Waals surface area contributed by atoms with Crippen LogP contribution in [0, 0.1) is 0 Å². The molecule has 0 saturated heterocycles. The molecule has 0 atom stereocenters. The van der Waals surface area contributed by atoms with Crippen LogP contribution in [0.5, 0.6) is 0 Å². The van der Waals surface area contributed by atoms with Crippen LogP contribution in [0.1, 0.15) is 0 Å². The van der Waals surface area contributed by atoms with Gasteiger partial charge in [-0.1, -0.05) is 39.3 Å². The minimum Gasteiger partial charge on any atom is -0.380 e. The lowest BCUT2D eigenvalue weighted by Crippen LogP contribution is -2.35. The Kier molecular flexibility index (Phi) is 3.77. The van der Waals surface area contributed by atoms with Crippen molar-refractivity contribution in [3.63, 3.8) is 0 Å². The summed E-state index contributed by atoms with van der Waals surface area (Å²) in [6, 6.07) is 0. The molecule has 0 radical (unpaired) electrons. The van der Waals surface area contributed by atoms with Gasteiger partial charge in [0, 0.05) is 0 Å². The van der Waals surface area contributed by atoms with Crippen molar-refractivity contribution in [3.05, 3.63) is 0 Å². The zero-order chi connectivity index (χ0) is 13.3. The Morgan fingerprint density at radius 2 is 1.12 bits per heavy atom. The van der Waals surface area contributed by atoms with Crippen LogP contribution in [-0.2, 0) is 0 Å². The molecule has 0 saturated carbocycles. The van der Waals surface area contributed by atoms with E-state index >= 15 is 0 Å². The van der Waals surface area contributed by atoms with E-state index in [2.05, 4.69) is 64.2 Å². The molecule has 4 N–H and O–H groups in total. The maximum Gasteiger partial charge on any atom is 0.226 e. The summed E-state index contributed by atoms with van der Waals surface area (Å²) >= 11 is 0. The molecule has 1 aromatic rings. The molecule has 0 aromatic carbocycles. The highest BCUT2D eigenvalue weighted by atomic mass is 28.3. The van der Waals surface area contributed by atoms with Gasteiger partial charge in [0.15, 0.2) is 0 Å². The van der Waals surface area contributed by atoms with E-state index in [1.54, 1.807) is 0 Å². The van der Waals surface area contributed by atoms with Crippen LogP contribution in [0.2, 0.25) is 39.3 Å². The number of hydrogen-bond acceptors (Lipinski definition) is 6. The summed E-state index contributed by atoms with van der Waals surface area (Å²) in [7, 11) is -2.95. The van der Waals surface area contributed by atoms with Crippen molar-refractivity contribution >= 4 is 34.3 Å². The van der Waals surface area contributed by atoms with Gasteiger partial charge in [-0.2, -0.15) is 15.0 Å². The Bertz CT molecular complexity index is 361. The average molecular weight is 270 g/mol. The number of hydrogen-bond donors (Lipinski definition) is 3. The molecule has 96 valence electrons. The van der Waals surface area contributed by atoms with E-state index < -0.39 is 16.5 Å². The molecular formula is C9H22N6Si2. The smallest absolute Gasteiger partial charge is 0.226 e. The van der Waals surface area contributed by atoms with Crippen LogP contribution in [0.4, 0.5) is 17.8 Å². The molecule has 17 heavy (non-hydrogen) atoms. The first-order valence-corrected chi connectivity index (χ1v) is 12.6. The maximum atomic E-state index is 5.69. The minimum atomic E-state index is -1.48. The van der Waals surface area contributed by atoms with E-state index in [0.717, 1.165) is 0 Å². The van der Waals surface area contributed by atoms with Gasteiger partial charge >= 0.3 is 0 Å². The monoisotopic (exact) mass is 270 g/mol. The highest BCUT2D eigenvalue weighted by Crippen LogP contribution is 2.13. The van der Waals surface area contributed by atoms with E-state index in [1.165, 1.54) is 0 Å². The molecular weight excluding hydrogens is 248 g/mol. The quantitative estimate of drug-likeness (QED) is 0.725. The van der Waals surface area contributed by atoms with Crippen molar-refractivity contribution in [2.45, 2.75) is 39.3 Å². The van der Waals surface area contributed by atoms with Crippen LogP contribution < -0.4 is 15.7 Å². The summed E-state index contributed by atoms with van der Waals surface area (Å²) in [5.41, 5.74) is 5.69. The number of nitrogen functional groups attached to an aromatic ring is 1. The average Bonchev–Trinajstić information content (AvgIpc) is 1.93. The lowest BCUT2D eigenvalue weighted by atomic mass is 10.8. The first-order valence-electron chi connectivity index (χ1n) is 5.63. The van der Waals surface area contributed by atoms with Gasteiger partial charge in [-0.15, -0.1) is 0 Å². The zero-order valence-corrected chi connectivity index (χ0v) is 13.4. The Morgan fingerprint density at radius 1 is 0.765 bits per heavy atom. The second-order valence-electron chi connectivity index (χ2n) is 6.09. The number of anilines is 3. The fourth-order valence-corrected chi connectivity index (χ4v) is 2.74. The van der Waals surface area contributed by atoms with E-state index in [4.69, 9.17) is 5.73 Å². The van der Waals surface area contributed by atoms with Crippen LogP contribution >= 0.6 is 0 Å². The molecule has 0 unspecified atom stereocenters.